The van der Waals surface area contributed by atoms with Crippen LogP contribution in [0.25, 0.3) is 5.76 Å². The van der Waals surface area contributed by atoms with E-state index >= 15 is 0 Å². The van der Waals surface area contributed by atoms with Crippen molar-refractivity contribution in [3.8, 4) is 17.2 Å². The number of Topliss-reactive ketones (excluding diaryl/α,β-unsaturated/α-hetero) is 1. The Kier molecular flexibility index (Phi) is 6.95. The summed E-state index contributed by atoms with van der Waals surface area (Å²) in [4.78, 5) is 30.7. The lowest BCUT2D eigenvalue weighted by molar-refractivity contribution is -0.132. The highest BCUT2D eigenvalue weighted by Gasteiger charge is 2.47. The van der Waals surface area contributed by atoms with Gasteiger partial charge >= 0.3 is 0 Å². The summed E-state index contributed by atoms with van der Waals surface area (Å²) in [6.07, 6.45) is 0. The number of nitrogens with zero attached hydrogens (tertiary/aromatic N) is 2. The largest absolute Gasteiger partial charge is 0.507 e. The number of hydrogen-bond donors (Lipinski definition) is 1. The molecule has 2 heterocycles. The Morgan fingerprint density at radius 3 is 2.54 bits per heavy atom. The fourth-order valence-electron chi connectivity index (χ4n) is 5.07. The molecule has 0 spiro atoms. The Morgan fingerprint density at radius 2 is 1.82 bits per heavy atom. The first kappa shape index (κ1) is 26.2. The molecule has 0 radical (unpaired) electrons. The lowest BCUT2D eigenvalue weighted by Gasteiger charge is -2.28. The second-order valence-electron chi connectivity index (χ2n) is 9.73. The van der Waals surface area contributed by atoms with Gasteiger partial charge in [0.25, 0.3) is 11.7 Å². The van der Waals surface area contributed by atoms with Gasteiger partial charge < -0.3 is 24.2 Å². The van der Waals surface area contributed by atoms with Gasteiger partial charge in [-0.3, -0.25) is 14.5 Å². The molecule has 202 valence electrons. The van der Waals surface area contributed by atoms with Gasteiger partial charge in [0.05, 0.1) is 37.6 Å². The number of rotatable bonds is 6. The summed E-state index contributed by atoms with van der Waals surface area (Å²) in [6, 6.07) is 15.3. The number of fused-ring (bicyclic) bond motifs is 1. The van der Waals surface area contributed by atoms with Crippen molar-refractivity contribution in [2.45, 2.75) is 26.8 Å². The number of likely N-dealkylation sites (N-methyl/N-ethyl adjacent to an activating group) is 1. The van der Waals surface area contributed by atoms with E-state index < -0.39 is 17.7 Å². The van der Waals surface area contributed by atoms with Crippen molar-refractivity contribution in [1.29, 1.82) is 0 Å². The number of carbonyl (C=O) groups excluding carboxylic acids is 2. The molecule has 39 heavy (non-hydrogen) atoms. The van der Waals surface area contributed by atoms with E-state index in [2.05, 4.69) is 0 Å². The van der Waals surface area contributed by atoms with Crippen molar-refractivity contribution in [2.24, 2.45) is 0 Å². The summed E-state index contributed by atoms with van der Waals surface area (Å²) in [5.74, 6) is -0.00909. The number of anilines is 2. The van der Waals surface area contributed by atoms with E-state index in [1.165, 1.54) is 4.90 Å². The Labute approximate surface area is 228 Å². The number of ketones is 1. The predicted molar refractivity (Wildman–Crippen MR) is 150 cm³/mol. The lowest BCUT2D eigenvalue weighted by atomic mass is 9.94. The molecule has 0 aromatic heterocycles. The van der Waals surface area contributed by atoms with Crippen LogP contribution in [-0.4, -0.2) is 50.7 Å². The minimum Gasteiger partial charge on any atom is -0.507 e. The van der Waals surface area contributed by atoms with Crippen molar-refractivity contribution in [3.05, 3.63) is 82.4 Å². The van der Waals surface area contributed by atoms with Gasteiger partial charge in [-0.05, 0) is 79.9 Å². The Balaban J connectivity index is 1.72. The van der Waals surface area contributed by atoms with Gasteiger partial charge in [-0.2, -0.15) is 0 Å². The molecule has 1 amide bonds. The molecule has 0 aliphatic carbocycles. The number of ether oxygens (including phenoxy) is 3. The fourth-order valence-corrected chi connectivity index (χ4v) is 5.07. The van der Waals surface area contributed by atoms with E-state index in [-0.39, 0.29) is 11.3 Å². The minimum atomic E-state index is -0.887. The predicted octanol–water partition coefficient (Wildman–Crippen LogP) is 5.17. The van der Waals surface area contributed by atoms with E-state index in [1.807, 2.05) is 50.9 Å². The molecule has 8 nitrogen and oxygen atoms in total. The van der Waals surface area contributed by atoms with E-state index in [0.29, 0.717) is 53.8 Å². The Morgan fingerprint density at radius 1 is 1.03 bits per heavy atom. The van der Waals surface area contributed by atoms with E-state index in [0.717, 1.165) is 16.8 Å². The van der Waals surface area contributed by atoms with Crippen LogP contribution in [0.4, 0.5) is 11.4 Å². The maximum Gasteiger partial charge on any atom is 0.300 e. The topological polar surface area (TPSA) is 88.5 Å². The summed E-state index contributed by atoms with van der Waals surface area (Å²) in [6.45, 7) is 7.47. The number of carbonyl (C=O) groups is 2. The molecule has 8 heteroatoms. The number of aryl methyl sites for hydroxylation is 2. The molecule has 2 aliphatic heterocycles. The first-order valence-electron chi connectivity index (χ1n) is 12.9. The van der Waals surface area contributed by atoms with Crippen molar-refractivity contribution in [1.82, 2.24) is 0 Å². The first-order valence-corrected chi connectivity index (χ1v) is 12.9. The Bertz CT molecular complexity index is 1490. The number of aliphatic hydroxyl groups excluding tert-OH is 1. The zero-order valence-electron chi connectivity index (χ0n) is 22.8. The molecule has 3 aromatic carbocycles. The zero-order valence-corrected chi connectivity index (χ0v) is 22.8. The smallest absolute Gasteiger partial charge is 0.300 e. The van der Waals surface area contributed by atoms with Crippen LogP contribution in [0.15, 0.2) is 60.2 Å². The molecule has 3 aromatic rings. The number of hydrogen-bond acceptors (Lipinski definition) is 7. The lowest BCUT2D eigenvalue weighted by Crippen LogP contribution is -2.29. The quantitative estimate of drug-likeness (QED) is 0.268. The molecule has 1 atom stereocenters. The van der Waals surface area contributed by atoms with Gasteiger partial charge in [-0.15, -0.1) is 0 Å². The van der Waals surface area contributed by atoms with Gasteiger partial charge in [-0.25, -0.2) is 0 Å². The van der Waals surface area contributed by atoms with Gasteiger partial charge in [0.2, 0.25) is 0 Å². The van der Waals surface area contributed by atoms with Crippen molar-refractivity contribution < 1.29 is 28.9 Å². The third-order valence-corrected chi connectivity index (χ3v) is 7.34. The molecule has 0 saturated carbocycles. The maximum atomic E-state index is 13.6. The monoisotopic (exact) mass is 528 g/mol. The minimum absolute atomic E-state index is 0.00479. The second-order valence-corrected chi connectivity index (χ2v) is 9.73. The van der Waals surface area contributed by atoms with Crippen LogP contribution in [0, 0.1) is 13.8 Å². The highest BCUT2D eigenvalue weighted by molar-refractivity contribution is 6.51. The SMILES string of the molecule is CCOc1cc(C2/C(=C(\O)c3ccc4c(c3)N(C)CCO4)C(=O)C(=O)N2c2ccc(C)c(C)c2)ccc1OC. The average molecular weight is 529 g/mol. The summed E-state index contributed by atoms with van der Waals surface area (Å²) < 4.78 is 17.0. The summed E-state index contributed by atoms with van der Waals surface area (Å²) in [5.41, 5.74) is 4.45. The summed E-state index contributed by atoms with van der Waals surface area (Å²) in [7, 11) is 3.49. The van der Waals surface area contributed by atoms with E-state index in [1.54, 1.807) is 43.5 Å². The number of methoxy groups -OCH3 is 1. The van der Waals surface area contributed by atoms with Crippen LogP contribution in [0.1, 0.15) is 35.2 Å². The third kappa shape index (κ3) is 4.56. The van der Waals surface area contributed by atoms with E-state index in [9.17, 15) is 14.7 Å². The standard InChI is InChI=1S/C31H32N2O6/c1-6-38-26-17-20(8-12-25(26)37-5)28-27(29(34)21-9-11-24-23(16-21)32(4)13-14-39-24)30(35)31(36)33(28)22-10-7-18(2)19(3)15-22/h7-12,15-17,28,34H,6,13-14H2,1-5H3/b29-27+. The van der Waals surface area contributed by atoms with Gasteiger partial charge in [0.15, 0.2) is 11.5 Å². The van der Waals surface area contributed by atoms with Gasteiger partial charge in [0.1, 0.15) is 18.1 Å². The van der Waals surface area contributed by atoms with Gasteiger partial charge in [-0.1, -0.05) is 12.1 Å². The Hall–Kier alpha value is -4.46. The second kappa shape index (κ2) is 10.4. The average Bonchev–Trinajstić information content (AvgIpc) is 3.20. The van der Waals surface area contributed by atoms with Crippen LogP contribution in [0.3, 0.4) is 0 Å². The van der Waals surface area contributed by atoms with Crippen LogP contribution in [0.2, 0.25) is 0 Å². The van der Waals surface area contributed by atoms with Crippen LogP contribution < -0.4 is 24.0 Å². The molecule has 1 unspecified atom stereocenters. The molecule has 1 fully saturated rings. The fraction of sp³-hybridized carbons (Fsp3) is 0.290. The highest BCUT2D eigenvalue weighted by Crippen LogP contribution is 2.45. The van der Waals surface area contributed by atoms with E-state index in [4.69, 9.17) is 14.2 Å². The molecular weight excluding hydrogens is 496 g/mol. The van der Waals surface area contributed by atoms with Gasteiger partial charge in [0, 0.05) is 18.3 Å². The summed E-state index contributed by atoms with van der Waals surface area (Å²) in [5, 5.41) is 11.6. The van der Waals surface area contributed by atoms with Crippen LogP contribution in [0.5, 0.6) is 17.2 Å². The maximum absolute atomic E-state index is 13.6. The third-order valence-electron chi connectivity index (χ3n) is 7.34. The van der Waals surface area contributed by atoms with Crippen molar-refractivity contribution >= 4 is 28.8 Å². The molecule has 1 N–H and O–H groups in total. The molecule has 1 saturated heterocycles. The normalized spacial score (nSPS) is 18.1. The van der Waals surface area contributed by atoms with Crippen molar-refractivity contribution in [3.63, 3.8) is 0 Å². The molecular formula is C31H32N2O6. The first-order chi connectivity index (χ1) is 18.7. The van der Waals surface area contributed by atoms with Crippen LogP contribution in [-0.2, 0) is 9.59 Å². The van der Waals surface area contributed by atoms with Crippen LogP contribution >= 0.6 is 0 Å². The zero-order chi connectivity index (χ0) is 27.8. The molecule has 0 bridgehead atoms. The number of aliphatic hydroxyl groups is 1. The molecule has 2 aliphatic rings. The van der Waals surface area contributed by atoms with Crippen molar-refractivity contribution in [2.75, 3.05) is 43.7 Å². The highest BCUT2D eigenvalue weighted by atomic mass is 16.5. The number of benzene rings is 3. The summed E-state index contributed by atoms with van der Waals surface area (Å²) >= 11 is 0. The molecule has 5 rings (SSSR count). The number of amides is 1.